The van der Waals surface area contributed by atoms with Gasteiger partial charge in [-0.15, -0.1) is 0 Å². The van der Waals surface area contributed by atoms with Crippen molar-refractivity contribution < 1.29 is 14.3 Å². The average molecular weight is 370 g/mol. The number of anilines is 4. The minimum atomic E-state index is -0.433. The quantitative estimate of drug-likeness (QED) is 0.849. The number of para-hydroxylation sites is 1. The fourth-order valence-electron chi connectivity index (χ4n) is 3.91. The molecule has 27 heavy (non-hydrogen) atoms. The van der Waals surface area contributed by atoms with Crippen molar-refractivity contribution in [3.05, 3.63) is 41.8 Å². The monoisotopic (exact) mass is 370 g/mol. The molecule has 1 aromatic carbocycles. The minimum Gasteiger partial charge on any atom is -0.393 e. The summed E-state index contributed by atoms with van der Waals surface area (Å²) in [6.45, 7) is 0. The van der Waals surface area contributed by atoms with Gasteiger partial charge in [0.2, 0.25) is 0 Å². The number of hydrogen-bond donors (Lipinski definition) is 2. The summed E-state index contributed by atoms with van der Waals surface area (Å²) >= 11 is 0. The van der Waals surface area contributed by atoms with Crippen molar-refractivity contribution in [1.29, 1.82) is 0 Å². The Bertz CT molecular complexity index is 880. The number of pyridine rings is 1. The molecule has 1 fully saturated rings. The lowest BCUT2D eigenvalue weighted by Gasteiger charge is -2.28. The largest absolute Gasteiger partial charge is 0.393 e. The van der Waals surface area contributed by atoms with E-state index >= 15 is 0 Å². The number of hydrogen-bond acceptors (Lipinski definition) is 5. The molecule has 0 radical (unpaired) electrons. The Morgan fingerprint density at radius 3 is 2.63 bits per heavy atom. The van der Waals surface area contributed by atoms with Gasteiger partial charge in [-0.05, 0) is 37.8 Å². The molecule has 0 bridgehead atoms. The molecule has 6 nitrogen and oxygen atoms in total. The second-order valence-electron chi connectivity index (χ2n) is 7.27. The molecule has 4 rings (SSSR count). The number of halogens is 1. The molecule has 0 atom stereocenters. The maximum atomic E-state index is 14.5. The standard InChI is InChI=1S/C20H23FN4O2/c1-24-16-10-18(23-12-6-8-13(26)9-7-12)22-11-17(16)25(2)20(27)14-4-3-5-15(21)19(14)24/h3-5,10-13,26H,6-9H2,1-2H3,(H,22,23). The molecule has 1 saturated carbocycles. The number of aliphatic hydroxyl groups excluding tert-OH is 1. The second-order valence-corrected chi connectivity index (χ2v) is 7.27. The van der Waals surface area contributed by atoms with E-state index in [0.717, 1.165) is 25.7 Å². The molecule has 142 valence electrons. The minimum absolute atomic E-state index is 0.215. The third kappa shape index (κ3) is 3.12. The fraction of sp³-hybridized carbons (Fsp3) is 0.400. The van der Waals surface area contributed by atoms with Crippen LogP contribution in [0.3, 0.4) is 0 Å². The van der Waals surface area contributed by atoms with E-state index in [-0.39, 0.29) is 23.7 Å². The van der Waals surface area contributed by atoms with Crippen molar-refractivity contribution in [2.24, 2.45) is 0 Å². The number of amides is 1. The van der Waals surface area contributed by atoms with E-state index in [1.54, 1.807) is 37.3 Å². The first-order valence-electron chi connectivity index (χ1n) is 9.20. The van der Waals surface area contributed by atoms with Crippen molar-refractivity contribution in [2.45, 2.75) is 37.8 Å². The van der Waals surface area contributed by atoms with Crippen molar-refractivity contribution in [1.82, 2.24) is 4.98 Å². The number of carbonyl (C=O) groups excluding carboxylic acids is 1. The van der Waals surface area contributed by atoms with Gasteiger partial charge >= 0.3 is 0 Å². The maximum absolute atomic E-state index is 14.5. The van der Waals surface area contributed by atoms with Crippen LogP contribution in [0, 0.1) is 5.82 Å². The van der Waals surface area contributed by atoms with E-state index in [4.69, 9.17) is 0 Å². The lowest BCUT2D eigenvalue weighted by atomic mass is 9.93. The first-order valence-corrected chi connectivity index (χ1v) is 9.20. The molecular formula is C20H23FN4O2. The van der Waals surface area contributed by atoms with Gasteiger partial charge in [0.1, 0.15) is 11.6 Å². The molecule has 2 aromatic rings. The zero-order chi connectivity index (χ0) is 19.1. The molecule has 1 aliphatic heterocycles. The Hall–Kier alpha value is -2.67. The highest BCUT2D eigenvalue weighted by molar-refractivity contribution is 6.13. The summed E-state index contributed by atoms with van der Waals surface area (Å²) in [5.74, 6) is -0.0151. The van der Waals surface area contributed by atoms with Crippen molar-refractivity contribution in [3.8, 4) is 0 Å². The number of nitrogens with zero attached hydrogens (tertiary/aromatic N) is 3. The molecule has 0 unspecified atom stereocenters. The molecule has 1 aliphatic carbocycles. The highest BCUT2D eigenvalue weighted by Gasteiger charge is 2.30. The van der Waals surface area contributed by atoms with Crippen LogP contribution in [0.15, 0.2) is 30.5 Å². The number of benzene rings is 1. The zero-order valence-electron chi connectivity index (χ0n) is 15.4. The average Bonchev–Trinajstić information content (AvgIpc) is 2.74. The molecule has 2 aliphatic rings. The van der Waals surface area contributed by atoms with Gasteiger partial charge in [0.15, 0.2) is 0 Å². The Balaban J connectivity index is 1.71. The van der Waals surface area contributed by atoms with Crippen LogP contribution in [0.1, 0.15) is 36.0 Å². The van der Waals surface area contributed by atoms with Gasteiger partial charge in [0.05, 0.1) is 34.9 Å². The number of aromatic nitrogens is 1. The van der Waals surface area contributed by atoms with Crippen LogP contribution < -0.4 is 15.1 Å². The lowest BCUT2D eigenvalue weighted by Crippen LogP contribution is -2.29. The summed E-state index contributed by atoms with van der Waals surface area (Å²) in [5, 5.41) is 13.1. The number of fused-ring (bicyclic) bond motifs is 2. The number of rotatable bonds is 2. The SMILES string of the molecule is CN1C(=O)c2cccc(F)c2N(C)c2cc(NC3CCC(O)CC3)ncc21. The van der Waals surface area contributed by atoms with Gasteiger partial charge in [-0.3, -0.25) is 4.79 Å². The molecular weight excluding hydrogens is 347 g/mol. The molecule has 0 spiro atoms. The van der Waals surface area contributed by atoms with Crippen LogP contribution in [0.25, 0.3) is 0 Å². The van der Waals surface area contributed by atoms with E-state index in [1.807, 2.05) is 6.07 Å². The van der Waals surface area contributed by atoms with Crippen LogP contribution in [0.5, 0.6) is 0 Å². The first-order chi connectivity index (χ1) is 13.0. The fourth-order valence-corrected chi connectivity index (χ4v) is 3.91. The third-order valence-corrected chi connectivity index (χ3v) is 5.49. The third-order valence-electron chi connectivity index (χ3n) is 5.49. The lowest BCUT2D eigenvalue weighted by molar-refractivity contribution is 0.0994. The number of nitrogens with one attached hydrogen (secondary N) is 1. The van der Waals surface area contributed by atoms with Crippen molar-refractivity contribution in [3.63, 3.8) is 0 Å². The van der Waals surface area contributed by atoms with E-state index in [1.165, 1.54) is 11.0 Å². The Morgan fingerprint density at radius 1 is 1.15 bits per heavy atom. The predicted octanol–water partition coefficient (Wildman–Crippen LogP) is 3.29. The van der Waals surface area contributed by atoms with Crippen LogP contribution in [0.2, 0.25) is 0 Å². The summed E-state index contributed by atoms with van der Waals surface area (Å²) in [6, 6.07) is 6.65. The van der Waals surface area contributed by atoms with E-state index in [0.29, 0.717) is 22.8 Å². The van der Waals surface area contributed by atoms with Gasteiger partial charge < -0.3 is 20.2 Å². The van der Waals surface area contributed by atoms with Gasteiger partial charge in [-0.25, -0.2) is 9.37 Å². The van der Waals surface area contributed by atoms with Crippen LogP contribution in [-0.4, -0.2) is 42.2 Å². The molecule has 2 N–H and O–H groups in total. The highest BCUT2D eigenvalue weighted by atomic mass is 19.1. The molecule has 2 heterocycles. The zero-order valence-corrected chi connectivity index (χ0v) is 15.4. The second kappa shape index (κ2) is 6.81. The maximum Gasteiger partial charge on any atom is 0.260 e. The molecule has 0 saturated heterocycles. The Kier molecular flexibility index (Phi) is 4.47. The van der Waals surface area contributed by atoms with Crippen molar-refractivity contribution in [2.75, 3.05) is 29.2 Å². The first kappa shape index (κ1) is 17.7. The summed E-state index contributed by atoms with van der Waals surface area (Å²) in [7, 11) is 3.43. The summed E-state index contributed by atoms with van der Waals surface area (Å²) in [6.07, 6.45) is 4.75. The summed E-state index contributed by atoms with van der Waals surface area (Å²) in [5.41, 5.74) is 1.93. The smallest absolute Gasteiger partial charge is 0.260 e. The topological polar surface area (TPSA) is 68.7 Å². The Morgan fingerprint density at radius 2 is 1.89 bits per heavy atom. The molecule has 1 aromatic heterocycles. The normalized spacial score (nSPS) is 22.1. The van der Waals surface area contributed by atoms with Crippen LogP contribution >= 0.6 is 0 Å². The summed E-state index contributed by atoms with van der Waals surface area (Å²) in [4.78, 5) is 20.5. The van der Waals surface area contributed by atoms with E-state index in [9.17, 15) is 14.3 Å². The van der Waals surface area contributed by atoms with Gasteiger partial charge in [-0.1, -0.05) is 6.07 Å². The summed E-state index contributed by atoms with van der Waals surface area (Å²) < 4.78 is 14.5. The molecule has 7 heteroatoms. The van der Waals surface area contributed by atoms with E-state index < -0.39 is 5.82 Å². The number of aliphatic hydroxyl groups is 1. The van der Waals surface area contributed by atoms with Gasteiger partial charge in [0, 0.05) is 26.2 Å². The van der Waals surface area contributed by atoms with Gasteiger partial charge in [0.25, 0.3) is 5.91 Å². The van der Waals surface area contributed by atoms with Crippen LogP contribution in [-0.2, 0) is 0 Å². The highest BCUT2D eigenvalue weighted by Crippen LogP contribution is 2.41. The van der Waals surface area contributed by atoms with Crippen molar-refractivity contribution >= 4 is 28.8 Å². The predicted molar refractivity (Wildman–Crippen MR) is 103 cm³/mol. The van der Waals surface area contributed by atoms with E-state index in [2.05, 4.69) is 10.3 Å². The number of carbonyl (C=O) groups is 1. The van der Waals surface area contributed by atoms with Crippen LogP contribution in [0.4, 0.5) is 27.3 Å². The van der Waals surface area contributed by atoms with Gasteiger partial charge in [-0.2, -0.15) is 0 Å². The Labute approximate surface area is 157 Å². The molecule has 1 amide bonds.